The number of benzene rings is 1. The van der Waals surface area contributed by atoms with Gasteiger partial charge in [-0.2, -0.15) is 0 Å². The molecule has 28 heavy (non-hydrogen) atoms. The Kier molecular flexibility index (Phi) is 4.88. The Morgan fingerprint density at radius 3 is 2.68 bits per heavy atom. The summed E-state index contributed by atoms with van der Waals surface area (Å²) in [6, 6.07) is 4.66. The van der Waals surface area contributed by atoms with Crippen molar-refractivity contribution in [3.63, 3.8) is 0 Å². The number of cyclic esters (lactones) is 1. The number of aliphatic hydroxyl groups excluding tert-OH is 2. The Labute approximate surface area is 161 Å². The van der Waals surface area contributed by atoms with E-state index in [2.05, 4.69) is 5.32 Å². The van der Waals surface area contributed by atoms with E-state index in [0.29, 0.717) is 24.5 Å². The summed E-state index contributed by atoms with van der Waals surface area (Å²) in [6.45, 7) is 2.90. The van der Waals surface area contributed by atoms with Gasteiger partial charge in [0.15, 0.2) is 0 Å². The Morgan fingerprint density at radius 1 is 1.36 bits per heavy atom. The molecule has 8 nitrogen and oxygen atoms in total. The van der Waals surface area contributed by atoms with Gasteiger partial charge in [0.05, 0.1) is 37.2 Å². The Bertz CT molecular complexity index is 779. The number of nitrogens with zero attached hydrogens (tertiary/aromatic N) is 2. The first-order valence-electron chi connectivity index (χ1n) is 9.45. The number of aliphatic hydroxyl groups is 2. The van der Waals surface area contributed by atoms with Crippen LogP contribution in [0.2, 0.25) is 0 Å². The van der Waals surface area contributed by atoms with Gasteiger partial charge in [-0.15, -0.1) is 0 Å². The van der Waals surface area contributed by atoms with Crippen molar-refractivity contribution in [1.82, 2.24) is 5.32 Å². The molecule has 1 unspecified atom stereocenters. The van der Waals surface area contributed by atoms with E-state index in [1.54, 1.807) is 12.1 Å². The van der Waals surface area contributed by atoms with Gasteiger partial charge in [-0.05, 0) is 36.0 Å². The molecule has 0 bridgehead atoms. The normalized spacial score (nSPS) is 29.5. The van der Waals surface area contributed by atoms with Crippen molar-refractivity contribution in [1.29, 1.82) is 0 Å². The molecule has 2 saturated heterocycles. The van der Waals surface area contributed by atoms with Crippen molar-refractivity contribution in [2.75, 3.05) is 42.6 Å². The smallest absolute Gasteiger partial charge is 0.414 e. The zero-order chi connectivity index (χ0) is 20.0. The number of amides is 2. The molecule has 1 saturated carbocycles. The summed E-state index contributed by atoms with van der Waals surface area (Å²) in [7, 11) is 0. The Morgan fingerprint density at radius 2 is 2.07 bits per heavy atom. The first-order chi connectivity index (χ1) is 13.4. The quantitative estimate of drug-likeness (QED) is 0.644. The maximum Gasteiger partial charge on any atom is 0.414 e. The minimum absolute atomic E-state index is 0.100. The molecule has 2 amide bonds. The van der Waals surface area contributed by atoms with E-state index in [-0.39, 0.29) is 43.4 Å². The van der Waals surface area contributed by atoms with E-state index < -0.39 is 24.1 Å². The fourth-order valence-electron chi connectivity index (χ4n) is 4.48. The van der Waals surface area contributed by atoms with Gasteiger partial charge >= 0.3 is 6.09 Å². The molecule has 0 aromatic heterocycles. The molecular weight excluding hydrogens is 369 g/mol. The predicted molar refractivity (Wildman–Crippen MR) is 98.5 cm³/mol. The van der Waals surface area contributed by atoms with Crippen LogP contribution in [0.15, 0.2) is 18.2 Å². The molecule has 2 heterocycles. The third-order valence-corrected chi connectivity index (χ3v) is 5.93. The number of hydrogen-bond donors (Lipinski definition) is 3. The lowest BCUT2D eigenvalue weighted by Gasteiger charge is -2.24. The highest BCUT2D eigenvalue weighted by atomic mass is 19.1. The molecular formula is C19H24FN3O5. The number of carbonyl (C=O) groups is 2. The van der Waals surface area contributed by atoms with Crippen molar-refractivity contribution in [3.8, 4) is 0 Å². The maximum absolute atomic E-state index is 14.7. The fourth-order valence-corrected chi connectivity index (χ4v) is 4.48. The summed E-state index contributed by atoms with van der Waals surface area (Å²) in [4.78, 5) is 26.4. The van der Waals surface area contributed by atoms with Crippen LogP contribution in [0.4, 0.5) is 20.6 Å². The summed E-state index contributed by atoms with van der Waals surface area (Å²) in [5.74, 6) is 0.0376. The second-order valence-corrected chi connectivity index (χ2v) is 7.75. The lowest BCUT2D eigenvalue weighted by atomic mass is 10.1. The van der Waals surface area contributed by atoms with Gasteiger partial charge in [0.1, 0.15) is 11.9 Å². The molecule has 0 spiro atoms. The molecule has 1 aromatic carbocycles. The number of hydrogen-bond acceptors (Lipinski definition) is 6. The number of halogens is 1. The number of rotatable bonds is 6. The number of nitrogens with one attached hydrogen (secondary N) is 1. The fraction of sp³-hybridized carbons (Fsp3) is 0.579. The summed E-state index contributed by atoms with van der Waals surface area (Å²) in [5, 5.41) is 21.5. The number of anilines is 2. The van der Waals surface area contributed by atoms with Crippen molar-refractivity contribution in [2.45, 2.75) is 19.1 Å². The van der Waals surface area contributed by atoms with E-state index >= 15 is 0 Å². The van der Waals surface area contributed by atoms with Gasteiger partial charge in [0.25, 0.3) is 0 Å². The van der Waals surface area contributed by atoms with Gasteiger partial charge in [-0.25, -0.2) is 9.18 Å². The van der Waals surface area contributed by atoms with Gasteiger partial charge in [-0.1, -0.05) is 0 Å². The number of fused-ring (bicyclic) bond motifs is 1. The first kappa shape index (κ1) is 18.9. The largest absolute Gasteiger partial charge is 0.442 e. The maximum atomic E-state index is 14.7. The van der Waals surface area contributed by atoms with Crippen LogP contribution in [-0.4, -0.2) is 67.2 Å². The molecule has 1 aromatic rings. The van der Waals surface area contributed by atoms with E-state index in [0.717, 1.165) is 0 Å². The molecule has 0 radical (unpaired) electrons. The SMILES string of the molecule is CC(=O)NC[C@H]1CN(c2ccc(N3C[C@@H]4C([C@H](O)CO)[C@@H]4C3)c(F)c2)C(=O)O1. The number of carbonyl (C=O) groups excluding carboxylic acids is 2. The minimum atomic E-state index is -0.698. The van der Waals surface area contributed by atoms with E-state index in [4.69, 9.17) is 9.84 Å². The average molecular weight is 393 g/mol. The summed E-state index contributed by atoms with van der Waals surface area (Å²) in [5.41, 5.74) is 0.880. The topological polar surface area (TPSA) is 102 Å². The molecule has 4 rings (SSSR count). The van der Waals surface area contributed by atoms with E-state index in [1.165, 1.54) is 17.9 Å². The Balaban J connectivity index is 1.39. The number of piperidine rings is 1. The van der Waals surface area contributed by atoms with Gasteiger partial charge in [0.2, 0.25) is 5.91 Å². The zero-order valence-corrected chi connectivity index (χ0v) is 15.5. The van der Waals surface area contributed by atoms with Crippen LogP contribution in [0.1, 0.15) is 6.92 Å². The van der Waals surface area contributed by atoms with Crippen LogP contribution < -0.4 is 15.1 Å². The van der Waals surface area contributed by atoms with Gasteiger partial charge < -0.3 is 25.2 Å². The average Bonchev–Trinajstić information content (AvgIpc) is 2.99. The lowest BCUT2D eigenvalue weighted by molar-refractivity contribution is -0.119. The first-order valence-corrected chi connectivity index (χ1v) is 9.45. The van der Waals surface area contributed by atoms with Crippen LogP contribution in [0.5, 0.6) is 0 Å². The molecule has 3 aliphatic rings. The van der Waals surface area contributed by atoms with Crippen LogP contribution >= 0.6 is 0 Å². The predicted octanol–water partition coefficient (Wildman–Crippen LogP) is 0.322. The van der Waals surface area contributed by atoms with Crippen molar-refractivity contribution >= 4 is 23.4 Å². The van der Waals surface area contributed by atoms with Crippen molar-refractivity contribution in [3.05, 3.63) is 24.0 Å². The molecule has 1 aliphatic carbocycles. The highest BCUT2D eigenvalue weighted by molar-refractivity contribution is 5.90. The summed E-state index contributed by atoms with van der Waals surface area (Å²) >= 11 is 0. The third-order valence-electron chi connectivity index (χ3n) is 5.93. The van der Waals surface area contributed by atoms with E-state index in [9.17, 15) is 19.1 Å². The molecule has 3 fully saturated rings. The molecule has 9 heteroatoms. The van der Waals surface area contributed by atoms with E-state index in [1.807, 2.05) is 4.90 Å². The molecule has 5 atom stereocenters. The zero-order valence-electron chi connectivity index (χ0n) is 15.5. The second kappa shape index (κ2) is 7.21. The van der Waals surface area contributed by atoms with Crippen LogP contribution in [-0.2, 0) is 9.53 Å². The minimum Gasteiger partial charge on any atom is -0.442 e. The van der Waals surface area contributed by atoms with Gasteiger partial charge in [0, 0.05) is 20.0 Å². The van der Waals surface area contributed by atoms with Crippen LogP contribution in [0, 0.1) is 23.6 Å². The lowest BCUT2D eigenvalue weighted by Crippen LogP contribution is -2.33. The van der Waals surface area contributed by atoms with Crippen LogP contribution in [0.3, 0.4) is 0 Å². The summed E-state index contributed by atoms with van der Waals surface area (Å²) in [6.07, 6.45) is -1.73. The second-order valence-electron chi connectivity index (χ2n) is 7.75. The molecule has 2 aliphatic heterocycles. The summed E-state index contributed by atoms with van der Waals surface area (Å²) < 4.78 is 19.9. The van der Waals surface area contributed by atoms with Crippen molar-refractivity contribution in [2.24, 2.45) is 17.8 Å². The van der Waals surface area contributed by atoms with Crippen LogP contribution in [0.25, 0.3) is 0 Å². The third kappa shape index (κ3) is 3.40. The molecule has 3 N–H and O–H groups in total. The molecule has 152 valence electrons. The highest BCUT2D eigenvalue weighted by Crippen LogP contribution is 2.54. The Hall–Kier alpha value is -2.39. The highest BCUT2D eigenvalue weighted by Gasteiger charge is 2.58. The van der Waals surface area contributed by atoms with Crippen molar-refractivity contribution < 1.29 is 28.9 Å². The monoisotopic (exact) mass is 393 g/mol. The van der Waals surface area contributed by atoms with Gasteiger partial charge in [-0.3, -0.25) is 9.69 Å². The standard InChI is InChI=1S/C19H24FN3O5/c1-10(25)21-5-12-6-23(19(27)28-12)11-2-3-16(15(20)4-11)22-7-13-14(8-22)18(13)17(26)9-24/h2-4,12-14,17-18,24,26H,5-9H2,1H3,(H,21,25)/t12-,13-,14+,17+,18?/m0/s1. The number of ether oxygens (including phenoxy) is 1.